The zero-order chi connectivity index (χ0) is 14.8. The van der Waals surface area contributed by atoms with Crippen molar-refractivity contribution in [3.05, 3.63) is 51.9 Å². The molecule has 0 radical (unpaired) electrons. The Balaban J connectivity index is 1.91. The van der Waals surface area contributed by atoms with Gasteiger partial charge < -0.3 is 10.4 Å². The van der Waals surface area contributed by atoms with Crippen LogP contribution in [0.1, 0.15) is 24.9 Å². The largest absolute Gasteiger partial charge is 0.508 e. The van der Waals surface area contributed by atoms with Gasteiger partial charge in [0.1, 0.15) is 5.75 Å². The lowest BCUT2D eigenvalue weighted by molar-refractivity contribution is 0.462. The number of aromatic nitrogens is 1. The van der Waals surface area contributed by atoms with Gasteiger partial charge in [-0.3, -0.25) is 0 Å². The van der Waals surface area contributed by atoms with Crippen LogP contribution in [0.5, 0.6) is 5.75 Å². The van der Waals surface area contributed by atoms with Crippen LogP contribution in [0.15, 0.2) is 46.4 Å². The van der Waals surface area contributed by atoms with E-state index >= 15 is 0 Å². The summed E-state index contributed by atoms with van der Waals surface area (Å²) in [6, 6.07) is 11.7. The minimum Gasteiger partial charge on any atom is -0.508 e. The molecule has 0 amide bonds. The number of thiazole rings is 1. The monoisotopic (exact) mass is 362 g/mol. The number of rotatable bonds is 4. The van der Waals surface area contributed by atoms with Crippen LogP contribution in [0, 0.1) is 0 Å². The van der Waals surface area contributed by atoms with Crippen LogP contribution in [0.3, 0.4) is 0 Å². The summed E-state index contributed by atoms with van der Waals surface area (Å²) in [5.41, 5.74) is 4.81. The third-order valence-electron chi connectivity index (χ3n) is 3.45. The van der Waals surface area contributed by atoms with Crippen LogP contribution < -0.4 is 5.32 Å². The number of hydrogen-bond donors (Lipinski definition) is 2. The Kier molecular flexibility index (Phi) is 4.12. The molecule has 3 nitrogen and oxygen atoms in total. The fourth-order valence-corrected chi connectivity index (χ4v) is 3.45. The van der Waals surface area contributed by atoms with Gasteiger partial charge in [0.2, 0.25) is 0 Å². The molecule has 5 heteroatoms. The third-order valence-corrected chi connectivity index (χ3v) is 4.73. The van der Waals surface area contributed by atoms with Crippen LogP contribution >= 0.6 is 27.3 Å². The number of fused-ring (bicyclic) bond motifs is 1. The van der Waals surface area contributed by atoms with Crippen LogP contribution in [-0.2, 0) is 0 Å². The number of phenols is 1. The fourth-order valence-electron chi connectivity index (χ4n) is 2.35. The van der Waals surface area contributed by atoms with Gasteiger partial charge in [0.25, 0.3) is 0 Å². The van der Waals surface area contributed by atoms with E-state index in [1.54, 1.807) is 17.4 Å². The highest BCUT2D eigenvalue weighted by molar-refractivity contribution is 9.10. The number of nitrogens with zero attached hydrogens (tertiary/aromatic N) is 1. The Morgan fingerprint density at radius 1 is 1.29 bits per heavy atom. The van der Waals surface area contributed by atoms with Crippen LogP contribution in [0.25, 0.3) is 10.2 Å². The molecule has 0 aliphatic carbocycles. The van der Waals surface area contributed by atoms with Gasteiger partial charge in [-0.2, -0.15) is 0 Å². The molecule has 2 N–H and O–H groups in total. The highest BCUT2D eigenvalue weighted by Crippen LogP contribution is 2.32. The SMILES string of the molecule is CCC(Nc1ccc2ncsc2c1)c1cc(Br)ccc1O. The van der Waals surface area contributed by atoms with Gasteiger partial charge >= 0.3 is 0 Å². The van der Waals surface area contributed by atoms with Crippen LogP contribution in [-0.4, -0.2) is 10.1 Å². The molecule has 0 aliphatic rings. The standard InChI is InChI=1S/C16H15BrN2OS/c1-2-13(12-7-10(17)3-6-15(12)20)19-11-4-5-14-16(8-11)21-9-18-14/h3-9,13,19-20H,2H2,1H3. The van der Waals surface area contributed by atoms with E-state index in [-0.39, 0.29) is 6.04 Å². The second-order valence-corrected chi connectivity index (χ2v) is 6.65. The molecule has 0 spiro atoms. The molecule has 3 aromatic rings. The number of nitrogens with one attached hydrogen (secondary N) is 1. The van der Waals surface area contributed by atoms with E-state index in [1.807, 2.05) is 29.8 Å². The fraction of sp³-hybridized carbons (Fsp3) is 0.188. The summed E-state index contributed by atoms with van der Waals surface area (Å²) < 4.78 is 2.13. The molecule has 3 rings (SSSR count). The minimum absolute atomic E-state index is 0.0628. The Morgan fingerprint density at radius 2 is 2.14 bits per heavy atom. The highest BCUT2D eigenvalue weighted by atomic mass is 79.9. The topological polar surface area (TPSA) is 45.2 Å². The molecule has 0 bridgehead atoms. The zero-order valence-electron chi connectivity index (χ0n) is 11.5. The lowest BCUT2D eigenvalue weighted by Gasteiger charge is -2.20. The minimum atomic E-state index is 0.0628. The van der Waals surface area contributed by atoms with Crippen molar-refractivity contribution in [1.82, 2.24) is 4.98 Å². The molecule has 21 heavy (non-hydrogen) atoms. The second-order valence-electron chi connectivity index (χ2n) is 4.84. The number of hydrogen-bond acceptors (Lipinski definition) is 4. The predicted molar refractivity (Wildman–Crippen MR) is 92.1 cm³/mol. The average molecular weight is 363 g/mol. The third kappa shape index (κ3) is 3.04. The van der Waals surface area contributed by atoms with Gasteiger partial charge in [-0.05, 0) is 42.8 Å². The Labute approximate surface area is 135 Å². The van der Waals surface area contributed by atoms with Crippen molar-refractivity contribution < 1.29 is 5.11 Å². The van der Waals surface area contributed by atoms with Crippen molar-refractivity contribution in [2.45, 2.75) is 19.4 Å². The quantitative estimate of drug-likeness (QED) is 0.659. The van der Waals surface area contributed by atoms with Gasteiger partial charge in [0, 0.05) is 15.7 Å². The van der Waals surface area contributed by atoms with Gasteiger partial charge in [-0.15, -0.1) is 11.3 Å². The molecule has 0 saturated carbocycles. The first-order valence-corrected chi connectivity index (χ1v) is 8.43. The van der Waals surface area contributed by atoms with Crippen molar-refractivity contribution >= 4 is 43.2 Å². The molecule has 0 aliphatic heterocycles. The predicted octanol–water partition coefficient (Wildman–Crippen LogP) is 5.33. The van der Waals surface area contributed by atoms with Gasteiger partial charge in [0.05, 0.1) is 21.8 Å². The zero-order valence-corrected chi connectivity index (χ0v) is 13.9. The van der Waals surface area contributed by atoms with E-state index in [1.165, 1.54) is 0 Å². The first-order chi connectivity index (χ1) is 10.2. The summed E-state index contributed by atoms with van der Waals surface area (Å²) in [4.78, 5) is 4.29. The number of aromatic hydroxyl groups is 1. The molecule has 1 heterocycles. The average Bonchev–Trinajstić information content (AvgIpc) is 2.95. The highest BCUT2D eigenvalue weighted by Gasteiger charge is 2.14. The summed E-state index contributed by atoms with van der Waals surface area (Å²) in [6.07, 6.45) is 0.880. The lowest BCUT2D eigenvalue weighted by atomic mass is 10.0. The number of phenolic OH excluding ortho intramolecular Hbond substituents is 1. The summed E-state index contributed by atoms with van der Waals surface area (Å²) in [5, 5.41) is 13.6. The van der Waals surface area contributed by atoms with Crippen molar-refractivity contribution in [1.29, 1.82) is 0 Å². The van der Waals surface area contributed by atoms with Gasteiger partial charge in [-0.1, -0.05) is 22.9 Å². The number of benzene rings is 2. The first-order valence-electron chi connectivity index (χ1n) is 6.75. The molecule has 1 aromatic heterocycles. The molecule has 1 unspecified atom stereocenters. The summed E-state index contributed by atoms with van der Waals surface area (Å²) in [5.74, 6) is 0.316. The second kappa shape index (κ2) is 6.03. The van der Waals surface area contributed by atoms with Crippen LogP contribution in [0.4, 0.5) is 5.69 Å². The van der Waals surface area contributed by atoms with E-state index in [2.05, 4.69) is 39.2 Å². The van der Waals surface area contributed by atoms with Crippen LogP contribution in [0.2, 0.25) is 0 Å². The Morgan fingerprint density at radius 3 is 2.95 bits per heavy atom. The van der Waals surface area contributed by atoms with Crippen molar-refractivity contribution in [3.8, 4) is 5.75 Å². The van der Waals surface area contributed by atoms with Crippen molar-refractivity contribution in [2.75, 3.05) is 5.32 Å². The Hall–Kier alpha value is -1.59. The maximum atomic E-state index is 10.1. The number of anilines is 1. The van der Waals surface area contributed by atoms with Gasteiger partial charge in [0.15, 0.2) is 0 Å². The van der Waals surface area contributed by atoms with E-state index in [9.17, 15) is 5.11 Å². The first kappa shape index (κ1) is 14.4. The number of halogens is 1. The summed E-state index contributed by atoms with van der Waals surface area (Å²) in [7, 11) is 0. The Bertz CT molecular complexity index is 772. The van der Waals surface area contributed by atoms with Crippen molar-refractivity contribution in [3.63, 3.8) is 0 Å². The maximum absolute atomic E-state index is 10.1. The van der Waals surface area contributed by atoms with Crippen molar-refractivity contribution in [2.24, 2.45) is 0 Å². The molecular weight excluding hydrogens is 348 g/mol. The van der Waals surface area contributed by atoms with E-state index in [0.717, 1.165) is 32.4 Å². The van der Waals surface area contributed by atoms with E-state index < -0.39 is 0 Å². The molecule has 1 atom stereocenters. The van der Waals surface area contributed by atoms with E-state index in [0.29, 0.717) is 5.75 Å². The lowest BCUT2D eigenvalue weighted by Crippen LogP contribution is -2.09. The molecule has 0 fully saturated rings. The molecular formula is C16H15BrN2OS. The molecule has 2 aromatic carbocycles. The maximum Gasteiger partial charge on any atom is 0.120 e. The molecule has 108 valence electrons. The van der Waals surface area contributed by atoms with E-state index in [4.69, 9.17) is 0 Å². The summed E-state index contributed by atoms with van der Waals surface area (Å²) >= 11 is 5.09. The normalized spacial score (nSPS) is 12.5. The molecule has 0 saturated heterocycles. The summed E-state index contributed by atoms with van der Waals surface area (Å²) in [6.45, 7) is 2.10. The van der Waals surface area contributed by atoms with Gasteiger partial charge in [-0.25, -0.2) is 4.98 Å². The smallest absolute Gasteiger partial charge is 0.120 e.